The van der Waals surface area contributed by atoms with E-state index in [4.69, 9.17) is 9.84 Å². The lowest BCUT2D eigenvalue weighted by Crippen LogP contribution is -2.13. The normalized spacial score (nSPS) is 11.1. The van der Waals surface area contributed by atoms with Crippen LogP contribution in [0.25, 0.3) is 0 Å². The number of hydrogen-bond acceptors (Lipinski definition) is 3. The Hall–Kier alpha value is -1.97. The largest absolute Gasteiger partial charge is 0.497 e. The Morgan fingerprint density at radius 2 is 2.06 bits per heavy atom. The van der Waals surface area contributed by atoms with E-state index in [9.17, 15) is 4.79 Å². The van der Waals surface area contributed by atoms with Gasteiger partial charge in [0.05, 0.1) is 7.11 Å². The first-order valence-corrected chi connectivity index (χ1v) is 5.46. The summed E-state index contributed by atoms with van der Waals surface area (Å²) in [6.07, 6.45) is 1.87. The van der Waals surface area contributed by atoms with Crippen molar-refractivity contribution in [1.82, 2.24) is 5.32 Å². The van der Waals surface area contributed by atoms with Gasteiger partial charge in [-0.25, -0.2) is 4.79 Å². The molecular formula is C13H17NO3. The quantitative estimate of drug-likeness (QED) is 0.742. The Kier molecular flexibility index (Phi) is 5.07. The molecule has 17 heavy (non-hydrogen) atoms. The van der Waals surface area contributed by atoms with E-state index in [2.05, 4.69) is 5.32 Å². The van der Waals surface area contributed by atoms with Crippen LogP contribution < -0.4 is 10.1 Å². The minimum atomic E-state index is -0.927. The molecule has 0 saturated carbocycles. The third-order valence-electron chi connectivity index (χ3n) is 2.36. The van der Waals surface area contributed by atoms with E-state index in [1.807, 2.05) is 31.2 Å². The van der Waals surface area contributed by atoms with Crippen molar-refractivity contribution in [3.8, 4) is 5.75 Å². The van der Waals surface area contributed by atoms with E-state index < -0.39 is 5.97 Å². The third kappa shape index (κ3) is 4.59. The molecular weight excluding hydrogens is 218 g/mol. The summed E-state index contributed by atoms with van der Waals surface area (Å²) in [4.78, 5) is 10.5. The van der Waals surface area contributed by atoms with Crippen molar-refractivity contribution >= 4 is 5.97 Å². The molecule has 4 heteroatoms. The maximum absolute atomic E-state index is 10.5. The Bertz CT molecular complexity index is 396. The van der Waals surface area contributed by atoms with Crippen LogP contribution >= 0.6 is 0 Å². The molecule has 1 aromatic rings. The molecule has 0 bridgehead atoms. The van der Waals surface area contributed by atoms with E-state index in [0.717, 1.165) is 11.3 Å². The van der Waals surface area contributed by atoms with Crippen LogP contribution in [0, 0.1) is 0 Å². The van der Waals surface area contributed by atoms with Crippen molar-refractivity contribution in [3.05, 3.63) is 41.6 Å². The standard InChI is InChI=1S/C13H17NO3/c1-3-11(8-13(15)16)14-9-10-4-6-12(17-2)7-5-10/h4-8,14H,3,9H2,1-2H3,(H,15,16)/b11-8-. The number of benzene rings is 1. The van der Waals surface area contributed by atoms with Crippen LogP contribution in [0.15, 0.2) is 36.0 Å². The van der Waals surface area contributed by atoms with Gasteiger partial charge in [0.2, 0.25) is 0 Å². The van der Waals surface area contributed by atoms with Gasteiger partial charge >= 0.3 is 5.97 Å². The molecule has 92 valence electrons. The van der Waals surface area contributed by atoms with Gasteiger partial charge in [-0.3, -0.25) is 0 Å². The molecule has 0 heterocycles. The average molecular weight is 235 g/mol. The van der Waals surface area contributed by atoms with Gasteiger partial charge in [-0.15, -0.1) is 0 Å². The number of carboxylic acids is 1. The molecule has 0 aromatic heterocycles. The van der Waals surface area contributed by atoms with Crippen LogP contribution in [-0.2, 0) is 11.3 Å². The fourth-order valence-corrected chi connectivity index (χ4v) is 1.39. The summed E-state index contributed by atoms with van der Waals surface area (Å²) < 4.78 is 5.06. The van der Waals surface area contributed by atoms with E-state index in [0.29, 0.717) is 18.7 Å². The van der Waals surface area contributed by atoms with Gasteiger partial charge < -0.3 is 15.2 Å². The Labute approximate surface area is 101 Å². The fourth-order valence-electron chi connectivity index (χ4n) is 1.39. The zero-order valence-corrected chi connectivity index (χ0v) is 10.1. The van der Waals surface area contributed by atoms with Gasteiger partial charge in [-0.2, -0.15) is 0 Å². The molecule has 0 fully saturated rings. The fraction of sp³-hybridized carbons (Fsp3) is 0.308. The Morgan fingerprint density at radius 1 is 1.41 bits per heavy atom. The molecule has 0 radical (unpaired) electrons. The minimum Gasteiger partial charge on any atom is -0.497 e. The zero-order chi connectivity index (χ0) is 12.7. The summed E-state index contributed by atoms with van der Waals surface area (Å²) >= 11 is 0. The van der Waals surface area contributed by atoms with E-state index in [1.165, 1.54) is 6.08 Å². The monoisotopic (exact) mass is 235 g/mol. The topological polar surface area (TPSA) is 58.6 Å². The molecule has 0 unspecified atom stereocenters. The van der Waals surface area contributed by atoms with Gasteiger partial charge in [0.25, 0.3) is 0 Å². The summed E-state index contributed by atoms with van der Waals surface area (Å²) in [6, 6.07) is 7.65. The third-order valence-corrected chi connectivity index (χ3v) is 2.36. The predicted molar refractivity (Wildman–Crippen MR) is 65.8 cm³/mol. The van der Waals surface area contributed by atoms with E-state index in [-0.39, 0.29) is 0 Å². The van der Waals surface area contributed by atoms with Crippen molar-refractivity contribution in [1.29, 1.82) is 0 Å². The zero-order valence-electron chi connectivity index (χ0n) is 10.1. The lowest BCUT2D eigenvalue weighted by molar-refractivity contribution is -0.131. The number of methoxy groups -OCH3 is 1. The van der Waals surface area contributed by atoms with Crippen LogP contribution in [0.3, 0.4) is 0 Å². The molecule has 4 nitrogen and oxygen atoms in total. The van der Waals surface area contributed by atoms with Gasteiger partial charge in [0.1, 0.15) is 5.75 Å². The predicted octanol–water partition coefficient (Wildman–Crippen LogP) is 2.16. The second kappa shape index (κ2) is 6.58. The first-order chi connectivity index (χ1) is 8.15. The molecule has 1 aromatic carbocycles. The smallest absolute Gasteiger partial charge is 0.330 e. The molecule has 0 atom stereocenters. The maximum Gasteiger partial charge on any atom is 0.330 e. The second-order valence-corrected chi connectivity index (χ2v) is 3.56. The van der Waals surface area contributed by atoms with Crippen molar-refractivity contribution in [2.24, 2.45) is 0 Å². The molecule has 0 aliphatic rings. The summed E-state index contributed by atoms with van der Waals surface area (Å²) in [5.74, 6) is -0.116. The number of carboxylic acid groups (broad SMARTS) is 1. The van der Waals surface area contributed by atoms with Gasteiger partial charge in [0, 0.05) is 18.3 Å². The Morgan fingerprint density at radius 3 is 2.53 bits per heavy atom. The number of nitrogens with one attached hydrogen (secondary N) is 1. The highest BCUT2D eigenvalue weighted by atomic mass is 16.5. The molecule has 2 N–H and O–H groups in total. The molecule has 0 aliphatic carbocycles. The summed E-state index contributed by atoms with van der Waals surface area (Å²) in [7, 11) is 1.62. The number of allylic oxidation sites excluding steroid dienone is 1. The Balaban J connectivity index is 2.56. The van der Waals surface area contributed by atoms with Crippen LogP contribution in [0.1, 0.15) is 18.9 Å². The van der Waals surface area contributed by atoms with Gasteiger partial charge in [-0.1, -0.05) is 19.1 Å². The second-order valence-electron chi connectivity index (χ2n) is 3.56. The van der Waals surface area contributed by atoms with Crippen molar-refractivity contribution in [2.75, 3.05) is 7.11 Å². The number of ether oxygens (including phenoxy) is 1. The van der Waals surface area contributed by atoms with E-state index in [1.54, 1.807) is 7.11 Å². The first kappa shape index (κ1) is 13.1. The van der Waals surface area contributed by atoms with Crippen molar-refractivity contribution < 1.29 is 14.6 Å². The van der Waals surface area contributed by atoms with Crippen LogP contribution in [0.5, 0.6) is 5.75 Å². The summed E-state index contributed by atoms with van der Waals surface area (Å²) in [5.41, 5.74) is 1.80. The minimum absolute atomic E-state index is 0.608. The molecule has 0 amide bonds. The molecule has 0 spiro atoms. The van der Waals surface area contributed by atoms with Crippen LogP contribution in [0.2, 0.25) is 0 Å². The van der Waals surface area contributed by atoms with Gasteiger partial charge in [0.15, 0.2) is 0 Å². The number of rotatable bonds is 6. The molecule has 0 saturated heterocycles. The summed E-state index contributed by atoms with van der Waals surface area (Å²) in [5, 5.41) is 11.7. The number of carbonyl (C=O) groups is 1. The lowest BCUT2D eigenvalue weighted by atomic mass is 10.2. The van der Waals surface area contributed by atoms with Crippen LogP contribution in [-0.4, -0.2) is 18.2 Å². The van der Waals surface area contributed by atoms with Crippen molar-refractivity contribution in [2.45, 2.75) is 19.9 Å². The average Bonchev–Trinajstić information content (AvgIpc) is 2.34. The first-order valence-electron chi connectivity index (χ1n) is 5.46. The van der Waals surface area contributed by atoms with Crippen molar-refractivity contribution in [3.63, 3.8) is 0 Å². The number of aliphatic carboxylic acids is 1. The lowest BCUT2D eigenvalue weighted by Gasteiger charge is -2.09. The molecule has 1 rings (SSSR count). The van der Waals surface area contributed by atoms with Gasteiger partial charge in [-0.05, 0) is 24.1 Å². The highest BCUT2D eigenvalue weighted by molar-refractivity contribution is 5.80. The highest BCUT2D eigenvalue weighted by Gasteiger charge is 1.99. The number of hydrogen-bond donors (Lipinski definition) is 2. The summed E-state index contributed by atoms with van der Waals surface area (Å²) in [6.45, 7) is 2.52. The maximum atomic E-state index is 10.5. The SMILES string of the molecule is CC/C(=C/C(=O)O)NCc1ccc(OC)cc1. The van der Waals surface area contributed by atoms with E-state index >= 15 is 0 Å². The molecule has 0 aliphatic heterocycles. The highest BCUT2D eigenvalue weighted by Crippen LogP contribution is 2.11. The van der Waals surface area contributed by atoms with Crippen LogP contribution in [0.4, 0.5) is 0 Å².